The molecular formula is C24H25N3O2. The standard InChI is InChI=1S/C24H25N3O2/c1-17-11-18(2)13-22(12-17)27-23(28)16-25-21-10-6-9-20(14-21)24(29)26-15-19-7-4-3-5-8-19/h3-14,25H,15-16H2,1-2H3,(H,26,29)(H,27,28). The van der Waals surface area contributed by atoms with Gasteiger partial charge in [0.05, 0.1) is 6.54 Å². The number of carbonyl (C=O) groups excluding carboxylic acids is 2. The summed E-state index contributed by atoms with van der Waals surface area (Å²) < 4.78 is 0. The highest BCUT2D eigenvalue weighted by molar-refractivity contribution is 5.96. The normalized spacial score (nSPS) is 10.3. The van der Waals surface area contributed by atoms with Crippen molar-refractivity contribution < 1.29 is 9.59 Å². The number of anilines is 2. The maximum atomic E-state index is 12.4. The van der Waals surface area contributed by atoms with Crippen molar-refractivity contribution in [3.05, 3.63) is 95.1 Å². The van der Waals surface area contributed by atoms with E-state index in [1.165, 1.54) is 0 Å². The van der Waals surface area contributed by atoms with E-state index in [0.717, 1.165) is 22.4 Å². The minimum absolute atomic E-state index is 0.113. The highest BCUT2D eigenvalue weighted by Gasteiger charge is 2.08. The molecule has 0 radical (unpaired) electrons. The van der Waals surface area contributed by atoms with Gasteiger partial charge in [-0.2, -0.15) is 0 Å². The first-order valence-corrected chi connectivity index (χ1v) is 9.54. The first-order valence-electron chi connectivity index (χ1n) is 9.54. The Morgan fingerprint density at radius 3 is 2.24 bits per heavy atom. The summed E-state index contributed by atoms with van der Waals surface area (Å²) in [5, 5.41) is 8.86. The van der Waals surface area contributed by atoms with Gasteiger partial charge in [0.15, 0.2) is 0 Å². The fourth-order valence-electron chi connectivity index (χ4n) is 3.09. The molecule has 3 aromatic rings. The van der Waals surface area contributed by atoms with Gasteiger partial charge in [-0.15, -0.1) is 0 Å². The zero-order valence-corrected chi connectivity index (χ0v) is 16.7. The van der Waals surface area contributed by atoms with Crippen LogP contribution < -0.4 is 16.0 Å². The van der Waals surface area contributed by atoms with E-state index in [1.54, 1.807) is 18.2 Å². The van der Waals surface area contributed by atoms with Crippen LogP contribution in [0.2, 0.25) is 0 Å². The summed E-state index contributed by atoms with van der Waals surface area (Å²) in [7, 11) is 0. The molecule has 3 aromatic carbocycles. The topological polar surface area (TPSA) is 70.2 Å². The van der Waals surface area contributed by atoms with Gasteiger partial charge in [0.2, 0.25) is 5.91 Å². The van der Waals surface area contributed by atoms with Gasteiger partial charge in [0.25, 0.3) is 5.91 Å². The van der Waals surface area contributed by atoms with Gasteiger partial charge >= 0.3 is 0 Å². The van der Waals surface area contributed by atoms with Crippen molar-refractivity contribution in [2.24, 2.45) is 0 Å². The molecule has 5 heteroatoms. The van der Waals surface area contributed by atoms with Gasteiger partial charge in [-0.05, 0) is 60.9 Å². The summed E-state index contributed by atoms with van der Waals surface area (Å²) in [6.45, 7) is 4.57. The van der Waals surface area contributed by atoms with Crippen molar-refractivity contribution in [1.82, 2.24) is 5.32 Å². The SMILES string of the molecule is Cc1cc(C)cc(NC(=O)CNc2cccc(C(=O)NCc3ccccc3)c2)c1. The molecule has 0 aromatic heterocycles. The van der Waals surface area contributed by atoms with Crippen LogP contribution in [0.4, 0.5) is 11.4 Å². The Bertz CT molecular complexity index is 980. The zero-order valence-electron chi connectivity index (χ0n) is 16.7. The Kier molecular flexibility index (Phi) is 6.63. The molecule has 0 atom stereocenters. The number of nitrogens with one attached hydrogen (secondary N) is 3. The van der Waals surface area contributed by atoms with Crippen molar-refractivity contribution in [3.63, 3.8) is 0 Å². The van der Waals surface area contributed by atoms with E-state index < -0.39 is 0 Å². The molecular weight excluding hydrogens is 362 g/mol. The Morgan fingerprint density at radius 2 is 1.52 bits per heavy atom. The van der Waals surface area contributed by atoms with Crippen LogP contribution in [0.3, 0.4) is 0 Å². The monoisotopic (exact) mass is 387 g/mol. The average Bonchev–Trinajstić information content (AvgIpc) is 2.71. The van der Waals surface area contributed by atoms with E-state index in [-0.39, 0.29) is 18.4 Å². The second-order valence-electron chi connectivity index (χ2n) is 7.03. The number of hydrogen-bond donors (Lipinski definition) is 3. The molecule has 0 saturated heterocycles. The third-order valence-electron chi connectivity index (χ3n) is 4.38. The van der Waals surface area contributed by atoms with Gasteiger partial charge in [-0.3, -0.25) is 9.59 Å². The molecule has 148 valence electrons. The van der Waals surface area contributed by atoms with E-state index >= 15 is 0 Å². The van der Waals surface area contributed by atoms with Crippen LogP contribution in [-0.4, -0.2) is 18.4 Å². The lowest BCUT2D eigenvalue weighted by molar-refractivity contribution is -0.114. The predicted molar refractivity (Wildman–Crippen MR) is 117 cm³/mol. The molecule has 0 aliphatic heterocycles. The molecule has 0 saturated carbocycles. The smallest absolute Gasteiger partial charge is 0.251 e. The van der Waals surface area contributed by atoms with Crippen LogP contribution in [-0.2, 0) is 11.3 Å². The molecule has 5 nitrogen and oxygen atoms in total. The van der Waals surface area contributed by atoms with Crippen LogP contribution in [0.1, 0.15) is 27.0 Å². The maximum absolute atomic E-state index is 12.4. The lowest BCUT2D eigenvalue weighted by atomic mass is 10.1. The van der Waals surface area contributed by atoms with E-state index in [0.29, 0.717) is 17.8 Å². The Hall–Kier alpha value is -3.60. The number of amides is 2. The largest absolute Gasteiger partial charge is 0.376 e. The quantitative estimate of drug-likeness (QED) is 0.567. The molecule has 29 heavy (non-hydrogen) atoms. The van der Waals surface area contributed by atoms with Crippen LogP contribution in [0, 0.1) is 13.8 Å². The second kappa shape index (κ2) is 9.55. The third-order valence-corrected chi connectivity index (χ3v) is 4.38. The molecule has 0 fully saturated rings. The molecule has 0 aliphatic carbocycles. The number of benzene rings is 3. The van der Waals surface area contributed by atoms with Crippen molar-refractivity contribution in [2.45, 2.75) is 20.4 Å². The van der Waals surface area contributed by atoms with Gasteiger partial charge in [0, 0.05) is 23.5 Å². The summed E-state index contributed by atoms with van der Waals surface area (Å²) in [6, 6.07) is 22.8. The number of hydrogen-bond acceptors (Lipinski definition) is 3. The van der Waals surface area contributed by atoms with Crippen LogP contribution >= 0.6 is 0 Å². The number of rotatable bonds is 7. The summed E-state index contributed by atoms with van der Waals surface area (Å²) in [4.78, 5) is 24.6. The molecule has 3 rings (SSSR count). The van der Waals surface area contributed by atoms with Gasteiger partial charge in [-0.1, -0.05) is 42.5 Å². The van der Waals surface area contributed by atoms with Crippen molar-refractivity contribution in [1.29, 1.82) is 0 Å². The van der Waals surface area contributed by atoms with E-state index in [1.807, 2.05) is 62.4 Å². The first-order chi connectivity index (χ1) is 14.0. The highest BCUT2D eigenvalue weighted by Crippen LogP contribution is 2.14. The first kappa shape index (κ1) is 20.1. The van der Waals surface area contributed by atoms with Gasteiger partial charge in [-0.25, -0.2) is 0 Å². The minimum atomic E-state index is -0.155. The fraction of sp³-hybridized carbons (Fsp3) is 0.167. The van der Waals surface area contributed by atoms with Gasteiger partial charge < -0.3 is 16.0 Å². The molecule has 0 heterocycles. The minimum Gasteiger partial charge on any atom is -0.376 e. The predicted octanol–water partition coefficient (Wildman–Crippen LogP) is 4.28. The molecule has 0 aliphatic rings. The zero-order chi connectivity index (χ0) is 20.6. The van der Waals surface area contributed by atoms with Crippen molar-refractivity contribution in [3.8, 4) is 0 Å². The number of aryl methyl sites for hydroxylation is 2. The third kappa shape index (κ3) is 6.21. The number of carbonyl (C=O) groups is 2. The Balaban J connectivity index is 1.53. The fourth-order valence-corrected chi connectivity index (χ4v) is 3.09. The lowest BCUT2D eigenvalue weighted by Crippen LogP contribution is -2.24. The Labute approximate surface area is 171 Å². The average molecular weight is 387 g/mol. The van der Waals surface area contributed by atoms with E-state index in [2.05, 4.69) is 22.0 Å². The molecule has 3 N–H and O–H groups in total. The summed E-state index contributed by atoms with van der Waals surface area (Å²) >= 11 is 0. The molecule has 2 amide bonds. The van der Waals surface area contributed by atoms with Crippen LogP contribution in [0.25, 0.3) is 0 Å². The summed E-state index contributed by atoms with van der Waals surface area (Å²) in [5.41, 5.74) is 5.28. The summed E-state index contributed by atoms with van der Waals surface area (Å²) in [6.07, 6.45) is 0. The Morgan fingerprint density at radius 1 is 0.793 bits per heavy atom. The maximum Gasteiger partial charge on any atom is 0.251 e. The molecule has 0 bridgehead atoms. The lowest BCUT2D eigenvalue weighted by Gasteiger charge is -2.11. The van der Waals surface area contributed by atoms with E-state index in [9.17, 15) is 9.59 Å². The van der Waals surface area contributed by atoms with Crippen molar-refractivity contribution >= 4 is 23.2 Å². The highest BCUT2D eigenvalue weighted by atomic mass is 16.2. The van der Waals surface area contributed by atoms with E-state index in [4.69, 9.17) is 0 Å². The van der Waals surface area contributed by atoms with Crippen LogP contribution in [0.15, 0.2) is 72.8 Å². The summed E-state index contributed by atoms with van der Waals surface area (Å²) in [5.74, 6) is -0.300. The van der Waals surface area contributed by atoms with Crippen LogP contribution in [0.5, 0.6) is 0 Å². The van der Waals surface area contributed by atoms with Crippen molar-refractivity contribution in [2.75, 3.05) is 17.2 Å². The molecule has 0 unspecified atom stereocenters. The molecule has 0 spiro atoms. The van der Waals surface area contributed by atoms with Gasteiger partial charge in [0.1, 0.15) is 0 Å². The second-order valence-corrected chi connectivity index (χ2v) is 7.03.